The number of carbonyl (C=O) groups is 2. The van der Waals surface area contributed by atoms with Gasteiger partial charge >= 0.3 is 0 Å². The van der Waals surface area contributed by atoms with E-state index in [0.29, 0.717) is 42.2 Å². The summed E-state index contributed by atoms with van der Waals surface area (Å²) in [6.45, 7) is 0.852. The van der Waals surface area contributed by atoms with Gasteiger partial charge < -0.3 is 35.2 Å². The van der Waals surface area contributed by atoms with Crippen LogP contribution in [0.5, 0.6) is 5.75 Å². The summed E-state index contributed by atoms with van der Waals surface area (Å²) in [5.74, 6) is -0.143. The molecule has 2 fully saturated rings. The Morgan fingerprint density at radius 2 is 1.76 bits per heavy atom. The molecule has 230 valence electrons. The number of ether oxygens (including phenoxy) is 1. The van der Waals surface area contributed by atoms with E-state index in [-0.39, 0.29) is 24.4 Å². The Morgan fingerprint density at radius 1 is 1.07 bits per heavy atom. The van der Waals surface area contributed by atoms with E-state index in [1.807, 2.05) is 0 Å². The van der Waals surface area contributed by atoms with Crippen LogP contribution in [-0.2, 0) is 16.0 Å². The first kappa shape index (κ1) is 31.9. The Kier molecular flexibility index (Phi) is 11.3. The quantitative estimate of drug-likeness (QED) is 0.249. The number of hydrogen-bond donors (Lipinski definition) is 4. The van der Waals surface area contributed by atoms with Crippen molar-refractivity contribution < 1.29 is 34.0 Å². The molecular formula is C29H39ClFN5O6. The Balaban J connectivity index is 1.16. The minimum atomic E-state index is -1.52. The lowest BCUT2D eigenvalue weighted by atomic mass is 9.92. The highest BCUT2D eigenvalue weighted by molar-refractivity contribution is 6.30. The molecule has 0 radical (unpaired) electrons. The molecule has 3 heterocycles. The maximum atomic E-state index is 14.8. The fourth-order valence-corrected chi connectivity index (χ4v) is 5.42. The number of halogens is 2. The van der Waals surface area contributed by atoms with E-state index in [1.54, 1.807) is 24.5 Å². The van der Waals surface area contributed by atoms with Gasteiger partial charge in [0.15, 0.2) is 0 Å². The number of piperidine rings is 1. The van der Waals surface area contributed by atoms with Crippen LogP contribution in [0.4, 0.5) is 10.3 Å². The number of carbonyl (C=O) groups excluding carboxylic acids is 2. The zero-order valence-electron chi connectivity index (χ0n) is 23.6. The molecule has 1 atom stereocenters. The van der Waals surface area contributed by atoms with E-state index in [9.17, 15) is 29.3 Å². The van der Waals surface area contributed by atoms with Gasteiger partial charge in [-0.15, -0.1) is 0 Å². The topological polar surface area (TPSA) is 148 Å². The van der Waals surface area contributed by atoms with Crippen molar-refractivity contribution >= 4 is 29.4 Å². The molecular weight excluding hydrogens is 569 g/mol. The van der Waals surface area contributed by atoms with Gasteiger partial charge in [0.1, 0.15) is 17.1 Å². The van der Waals surface area contributed by atoms with E-state index >= 15 is 0 Å². The summed E-state index contributed by atoms with van der Waals surface area (Å²) >= 11 is 5.87. The van der Waals surface area contributed by atoms with E-state index in [1.165, 1.54) is 11.0 Å². The lowest BCUT2D eigenvalue weighted by Crippen LogP contribution is -2.58. The predicted molar refractivity (Wildman–Crippen MR) is 154 cm³/mol. The molecule has 2 aliphatic heterocycles. The van der Waals surface area contributed by atoms with E-state index in [4.69, 9.17) is 16.3 Å². The molecule has 11 nitrogen and oxygen atoms in total. The predicted octanol–water partition coefficient (Wildman–Crippen LogP) is 1.57. The summed E-state index contributed by atoms with van der Waals surface area (Å²) in [4.78, 5) is 37.6. The Bertz CT molecular complexity index is 1190. The van der Waals surface area contributed by atoms with Crippen LogP contribution in [0.1, 0.15) is 37.7 Å². The zero-order valence-corrected chi connectivity index (χ0v) is 24.3. The molecule has 2 saturated heterocycles. The van der Waals surface area contributed by atoms with Crippen LogP contribution < -0.4 is 15.0 Å². The van der Waals surface area contributed by atoms with Crippen molar-refractivity contribution in [2.24, 2.45) is 11.8 Å². The second-order valence-electron chi connectivity index (χ2n) is 11.1. The number of anilines is 1. The second-order valence-corrected chi connectivity index (χ2v) is 11.6. The number of hydrogen-bond acceptors (Lipinski definition) is 9. The third kappa shape index (κ3) is 8.27. The highest BCUT2D eigenvalue weighted by Crippen LogP contribution is 2.25. The summed E-state index contributed by atoms with van der Waals surface area (Å²) in [5, 5.41) is 31.3. The van der Waals surface area contributed by atoms with Gasteiger partial charge in [-0.2, -0.15) is 0 Å². The van der Waals surface area contributed by atoms with Gasteiger partial charge in [-0.25, -0.2) is 14.4 Å². The fourth-order valence-electron chi connectivity index (χ4n) is 5.32. The van der Waals surface area contributed by atoms with E-state index < -0.39 is 43.0 Å². The summed E-state index contributed by atoms with van der Waals surface area (Å²) in [6, 6.07) is 4.51. The van der Waals surface area contributed by atoms with Gasteiger partial charge in [-0.05, 0) is 49.7 Å². The van der Waals surface area contributed by atoms with Gasteiger partial charge in [0.2, 0.25) is 17.8 Å². The minimum Gasteiger partial charge on any atom is -0.493 e. The van der Waals surface area contributed by atoms with Crippen LogP contribution in [0.2, 0.25) is 5.02 Å². The molecule has 2 aromatic rings. The molecule has 0 unspecified atom stereocenters. The SMILES string of the molecule is O=C(NC(CO)(CO)CO)[C@H]1CCN(C(=O)Cc2ccc(OCCCC3CCN(c4ncc(Cl)cn4)CC3)cc2F)C1. The molecule has 1 aromatic carbocycles. The van der Waals surface area contributed by atoms with Crippen molar-refractivity contribution in [1.29, 1.82) is 0 Å². The number of nitrogens with one attached hydrogen (secondary N) is 1. The molecule has 2 amide bonds. The number of amides is 2. The van der Waals surface area contributed by atoms with Crippen molar-refractivity contribution in [1.82, 2.24) is 20.2 Å². The van der Waals surface area contributed by atoms with Crippen molar-refractivity contribution in [2.45, 2.75) is 44.1 Å². The van der Waals surface area contributed by atoms with Crippen molar-refractivity contribution in [3.05, 3.63) is 47.0 Å². The second kappa shape index (κ2) is 14.9. The highest BCUT2D eigenvalue weighted by atomic mass is 35.5. The largest absolute Gasteiger partial charge is 0.493 e. The highest BCUT2D eigenvalue weighted by Gasteiger charge is 2.36. The number of nitrogens with zero attached hydrogens (tertiary/aromatic N) is 4. The minimum absolute atomic E-state index is 0.139. The molecule has 0 saturated carbocycles. The van der Waals surface area contributed by atoms with Crippen molar-refractivity contribution in [3.63, 3.8) is 0 Å². The lowest BCUT2D eigenvalue weighted by Gasteiger charge is -2.31. The van der Waals surface area contributed by atoms with Crippen LogP contribution >= 0.6 is 11.6 Å². The third-order valence-electron chi connectivity index (χ3n) is 8.10. The van der Waals surface area contributed by atoms with E-state index in [0.717, 1.165) is 38.8 Å². The Labute approximate surface area is 249 Å². The molecule has 2 aliphatic rings. The lowest BCUT2D eigenvalue weighted by molar-refractivity contribution is -0.131. The number of aliphatic hydroxyl groups excluding tert-OH is 3. The molecule has 0 spiro atoms. The van der Waals surface area contributed by atoms with Crippen LogP contribution in [0.3, 0.4) is 0 Å². The van der Waals surface area contributed by atoms with Gasteiger partial charge in [-0.1, -0.05) is 17.7 Å². The summed E-state index contributed by atoms with van der Waals surface area (Å²) in [7, 11) is 0. The Morgan fingerprint density at radius 3 is 2.40 bits per heavy atom. The number of aromatic nitrogens is 2. The first-order valence-corrected chi connectivity index (χ1v) is 14.7. The summed E-state index contributed by atoms with van der Waals surface area (Å²) < 4.78 is 20.6. The Hall–Kier alpha value is -3.06. The molecule has 13 heteroatoms. The van der Waals surface area contributed by atoms with Gasteiger partial charge in [0.25, 0.3) is 0 Å². The monoisotopic (exact) mass is 607 g/mol. The van der Waals surface area contributed by atoms with Crippen molar-refractivity contribution in [3.8, 4) is 5.75 Å². The standard InChI is InChI=1S/C29H39ClFN5O6/c30-23-14-32-28(33-15-23)35-8-5-20(6-9-35)2-1-11-42-24-4-3-21(25(31)13-24)12-26(40)36-10-7-22(16-36)27(41)34-29(17-37,18-38)19-39/h3-4,13-15,20,22,37-39H,1-2,5-12,16-19H2,(H,34,41)/t22-/m0/s1. The summed E-state index contributed by atoms with van der Waals surface area (Å²) in [6.07, 6.45) is 7.41. The molecule has 4 N–H and O–H groups in total. The van der Waals surface area contributed by atoms with Crippen LogP contribution in [0.25, 0.3) is 0 Å². The number of benzene rings is 1. The van der Waals surface area contributed by atoms with Gasteiger partial charge in [0.05, 0.1) is 56.2 Å². The fraction of sp³-hybridized carbons (Fsp3) is 0.586. The maximum absolute atomic E-state index is 14.8. The first-order chi connectivity index (χ1) is 20.3. The number of rotatable bonds is 13. The number of likely N-dealkylation sites (tertiary alicyclic amines) is 1. The van der Waals surface area contributed by atoms with Gasteiger partial charge in [-0.3, -0.25) is 9.59 Å². The van der Waals surface area contributed by atoms with Crippen LogP contribution in [0.15, 0.2) is 30.6 Å². The summed E-state index contributed by atoms with van der Waals surface area (Å²) in [5.41, 5.74) is -1.27. The number of aliphatic hydroxyl groups is 3. The van der Waals surface area contributed by atoms with Crippen LogP contribution in [0, 0.1) is 17.7 Å². The zero-order chi connectivity index (χ0) is 30.1. The smallest absolute Gasteiger partial charge is 0.227 e. The van der Waals surface area contributed by atoms with Crippen molar-refractivity contribution in [2.75, 3.05) is 57.5 Å². The normalized spacial score (nSPS) is 17.9. The third-order valence-corrected chi connectivity index (χ3v) is 8.30. The molecule has 4 rings (SSSR count). The first-order valence-electron chi connectivity index (χ1n) is 14.3. The molecule has 42 heavy (non-hydrogen) atoms. The average Bonchev–Trinajstić information content (AvgIpc) is 3.51. The van der Waals surface area contributed by atoms with E-state index in [2.05, 4.69) is 20.2 Å². The molecule has 1 aromatic heterocycles. The molecule has 0 aliphatic carbocycles. The molecule has 0 bridgehead atoms. The average molecular weight is 608 g/mol. The van der Waals surface area contributed by atoms with Gasteiger partial charge in [0, 0.05) is 32.2 Å². The van der Waals surface area contributed by atoms with Crippen LogP contribution in [-0.4, -0.2) is 100 Å². The maximum Gasteiger partial charge on any atom is 0.227 e.